The van der Waals surface area contributed by atoms with Crippen LogP contribution in [0.2, 0.25) is 0 Å². The molecule has 1 rings (SSSR count). The molecular formula is C9H10ClF3O2. The van der Waals surface area contributed by atoms with Gasteiger partial charge < -0.3 is 5.11 Å². The zero-order valence-corrected chi connectivity index (χ0v) is 8.86. The predicted octanol–water partition coefficient (Wildman–Crippen LogP) is 3.03. The Morgan fingerprint density at radius 2 is 1.93 bits per heavy atom. The SMILES string of the molecule is CC1(C)[C@H](C(=O)O)[C@@H]1/C=C(\Cl)C(F)(F)F. The Morgan fingerprint density at radius 1 is 1.47 bits per heavy atom. The number of halogens is 4. The summed E-state index contributed by atoms with van der Waals surface area (Å²) in [5, 5.41) is 7.48. The summed E-state index contributed by atoms with van der Waals surface area (Å²) in [6, 6.07) is 0. The molecule has 0 radical (unpaired) electrons. The maximum atomic E-state index is 12.1. The molecule has 0 aromatic rings. The highest BCUT2D eigenvalue weighted by molar-refractivity contribution is 6.30. The van der Waals surface area contributed by atoms with E-state index in [1.807, 2.05) is 0 Å². The molecule has 86 valence electrons. The van der Waals surface area contributed by atoms with Gasteiger partial charge in [0.15, 0.2) is 0 Å². The van der Waals surface area contributed by atoms with Gasteiger partial charge >= 0.3 is 12.1 Å². The molecule has 0 saturated heterocycles. The first kappa shape index (κ1) is 12.4. The van der Waals surface area contributed by atoms with E-state index in [9.17, 15) is 18.0 Å². The Kier molecular flexibility index (Phi) is 2.80. The van der Waals surface area contributed by atoms with Crippen LogP contribution in [-0.4, -0.2) is 17.3 Å². The van der Waals surface area contributed by atoms with Crippen molar-refractivity contribution >= 4 is 17.6 Å². The van der Waals surface area contributed by atoms with Crippen LogP contribution < -0.4 is 0 Å². The Balaban J connectivity index is 2.83. The third-order valence-corrected chi connectivity index (χ3v) is 3.11. The molecule has 0 aromatic heterocycles. The maximum Gasteiger partial charge on any atom is 0.426 e. The largest absolute Gasteiger partial charge is 0.481 e. The second kappa shape index (κ2) is 3.40. The van der Waals surface area contributed by atoms with E-state index in [4.69, 9.17) is 16.7 Å². The van der Waals surface area contributed by atoms with Gasteiger partial charge in [0.1, 0.15) is 5.03 Å². The van der Waals surface area contributed by atoms with E-state index in [0.717, 1.165) is 6.08 Å². The first-order valence-electron chi connectivity index (χ1n) is 4.26. The number of carbonyl (C=O) groups is 1. The summed E-state index contributed by atoms with van der Waals surface area (Å²) in [5.74, 6) is -2.52. The molecular weight excluding hydrogens is 233 g/mol. The Labute approximate surface area is 89.7 Å². The molecule has 0 spiro atoms. The fourth-order valence-electron chi connectivity index (χ4n) is 1.71. The quantitative estimate of drug-likeness (QED) is 0.808. The molecule has 6 heteroatoms. The summed E-state index contributed by atoms with van der Waals surface area (Å²) < 4.78 is 36.2. The molecule has 2 nitrogen and oxygen atoms in total. The van der Waals surface area contributed by atoms with Crippen molar-refractivity contribution in [3.63, 3.8) is 0 Å². The fraction of sp³-hybridized carbons (Fsp3) is 0.667. The van der Waals surface area contributed by atoms with Crippen LogP contribution in [0.3, 0.4) is 0 Å². The minimum absolute atomic E-state index is 0.649. The third-order valence-electron chi connectivity index (χ3n) is 2.77. The van der Waals surface area contributed by atoms with E-state index in [1.54, 1.807) is 13.8 Å². The number of hydrogen-bond donors (Lipinski definition) is 1. The Morgan fingerprint density at radius 3 is 2.20 bits per heavy atom. The van der Waals surface area contributed by atoms with Gasteiger partial charge in [-0.3, -0.25) is 4.79 Å². The first-order chi connectivity index (χ1) is 6.58. The highest BCUT2D eigenvalue weighted by Crippen LogP contribution is 2.60. The van der Waals surface area contributed by atoms with Crippen molar-refractivity contribution in [2.24, 2.45) is 17.3 Å². The molecule has 1 saturated carbocycles. The zero-order chi connectivity index (χ0) is 12.0. The van der Waals surface area contributed by atoms with Gasteiger partial charge in [0, 0.05) is 0 Å². The van der Waals surface area contributed by atoms with Crippen LogP contribution in [0.25, 0.3) is 0 Å². The van der Waals surface area contributed by atoms with Crippen LogP contribution in [0.4, 0.5) is 13.2 Å². The molecule has 1 N–H and O–H groups in total. The van der Waals surface area contributed by atoms with Crippen LogP contribution in [0.5, 0.6) is 0 Å². The van der Waals surface area contributed by atoms with Gasteiger partial charge in [-0.2, -0.15) is 13.2 Å². The molecule has 0 aliphatic heterocycles. The standard InChI is InChI=1S/C9H10ClF3O2/c1-8(2)4(6(8)7(14)15)3-5(10)9(11,12)13/h3-4,6H,1-2H3,(H,14,15)/b5-3-/t4-,6-/m0/s1. The van der Waals surface area contributed by atoms with Crippen LogP contribution in [0.15, 0.2) is 11.1 Å². The smallest absolute Gasteiger partial charge is 0.426 e. The molecule has 1 aliphatic rings. The summed E-state index contributed by atoms with van der Waals surface area (Å²) >= 11 is 5.03. The molecule has 0 amide bonds. The lowest BCUT2D eigenvalue weighted by Gasteiger charge is -2.04. The van der Waals surface area contributed by atoms with Crippen LogP contribution in [0, 0.1) is 17.3 Å². The normalized spacial score (nSPS) is 30.1. The summed E-state index contributed by atoms with van der Waals surface area (Å²) in [5.41, 5.74) is -0.656. The van der Waals surface area contributed by atoms with E-state index in [1.165, 1.54) is 0 Å². The van der Waals surface area contributed by atoms with Crippen LogP contribution in [-0.2, 0) is 4.79 Å². The minimum Gasteiger partial charge on any atom is -0.481 e. The van der Waals surface area contributed by atoms with Gasteiger partial charge in [0.05, 0.1) is 5.92 Å². The van der Waals surface area contributed by atoms with Crippen LogP contribution in [0.1, 0.15) is 13.8 Å². The third kappa shape index (κ3) is 2.27. The number of carboxylic acid groups (broad SMARTS) is 1. The van der Waals surface area contributed by atoms with Crippen molar-refractivity contribution < 1.29 is 23.1 Å². The highest BCUT2D eigenvalue weighted by atomic mass is 35.5. The fourth-order valence-corrected chi connectivity index (χ4v) is 1.85. The topological polar surface area (TPSA) is 37.3 Å². The number of hydrogen-bond acceptors (Lipinski definition) is 1. The van der Waals surface area contributed by atoms with Gasteiger partial charge in [-0.05, 0) is 11.3 Å². The molecule has 1 aliphatic carbocycles. The van der Waals surface area contributed by atoms with Crippen LogP contribution >= 0.6 is 11.6 Å². The van der Waals surface area contributed by atoms with E-state index in [-0.39, 0.29) is 0 Å². The first-order valence-corrected chi connectivity index (χ1v) is 4.63. The number of rotatable bonds is 2. The average molecular weight is 243 g/mol. The molecule has 0 bridgehead atoms. The molecule has 0 unspecified atom stereocenters. The minimum atomic E-state index is -4.59. The second-order valence-corrected chi connectivity index (χ2v) is 4.58. The highest BCUT2D eigenvalue weighted by Gasteiger charge is 2.61. The molecule has 15 heavy (non-hydrogen) atoms. The van der Waals surface area contributed by atoms with E-state index >= 15 is 0 Å². The van der Waals surface area contributed by atoms with Gasteiger partial charge in [-0.1, -0.05) is 31.5 Å². The number of carboxylic acids is 1. The average Bonchev–Trinajstić information content (AvgIpc) is 2.50. The summed E-state index contributed by atoms with van der Waals surface area (Å²) in [7, 11) is 0. The summed E-state index contributed by atoms with van der Waals surface area (Å²) in [6.07, 6.45) is -3.80. The van der Waals surface area contributed by atoms with Crippen molar-refractivity contribution in [2.45, 2.75) is 20.0 Å². The lowest BCUT2D eigenvalue weighted by atomic mass is 10.1. The van der Waals surface area contributed by atoms with Crippen molar-refractivity contribution in [3.8, 4) is 0 Å². The van der Waals surface area contributed by atoms with E-state index in [0.29, 0.717) is 0 Å². The number of allylic oxidation sites excluding steroid dienone is 2. The lowest BCUT2D eigenvalue weighted by molar-refractivity contribution is -0.139. The van der Waals surface area contributed by atoms with Crippen molar-refractivity contribution in [1.82, 2.24) is 0 Å². The van der Waals surface area contributed by atoms with Gasteiger partial charge in [-0.15, -0.1) is 0 Å². The van der Waals surface area contributed by atoms with E-state index in [2.05, 4.69) is 0 Å². The van der Waals surface area contributed by atoms with E-state index < -0.39 is 34.4 Å². The van der Waals surface area contributed by atoms with Gasteiger partial charge in [0.25, 0.3) is 0 Å². The maximum absolute atomic E-state index is 12.1. The molecule has 0 aromatic carbocycles. The number of aliphatic carboxylic acids is 1. The summed E-state index contributed by atoms with van der Waals surface area (Å²) in [4.78, 5) is 10.7. The predicted molar refractivity (Wildman–Crippen MR) is 48.4 cm³/mol. The lowest BCUT2D eigenvalue weighted by Crippen LogP contribution is -2.07. The molecule has 0 heterocycles. The Hall–Kier alpha value is -0.710. The van der Waals surface area contributed by atoms with Crippen molar-refractivity contribution in [1.29, 1.82) is 0 Å². The Bertz CT molecular complexity index is 320. The van der Waals surface area contributed by atoms with Gasteiger partial charge in [0.2, 0.25) is 0 Å². The van der Waals surface area contributed by atoms with Gasteiger partial charge in [-0.25, -0.2) is 0 Å². The molecule has 2 atom stereocenters. The van der Waals surface area contributed by atoms with Crippen molar-refractivity contribution in [2.75, 3.05) is 0 Å². The summed E-state index contributed by atoms with van der Waals surface area (Å²) in [6.45, 7) is 3.21. The van der Waals surface area contributed by atoms with Crippen molar-refractivity contribution in [3.05, 3.63) is 11.1 Å². The number of alkyl halides is 3. The second-order valence-electron chi connectivity index (χ2n) is 4.18. The molecule has 1 fully saturated rings. The monoisotopic (exact) mass is 242 g/mol. The zero-order valence-electron chi connectivity index (χ0n) is 8.10.